The molecule has 2 rings (SSSR count). The molecule has 0 bridgehead atoms. The van der Waals surface area contributed by atoms with Crippen molar-refractivity contribution in [3.8, 4) is 0 Å². The molecule has 1 aliphatic heterocycles. The van der Waals surface area contributed by atoms with Crippen molar-refractivity contribution in [2.75, 3.05) is 7.05 Å². The number of rotatable bonds is 1. The second-order valence-corrected chi connectivity index (χ2v) is 5.98. The van der Waals surface area contributed by atoms with E-state index < -0.39 is 0 Å². The molecule has 0 radical (unpaired) electrons. The van der Waals surface area contributed by atoms with E-state index in [-0.39, 0.29) is 0 Å². The molecule has 1 aliphatic rings. The Labute approximate surface area is 91.0 Å². The van der Waals surface area contributed by atoms with Gasteiger partial charge in [0, 0.05) is 0 Å². The van der Waals surface area contributed by atoms with Crippen molar-refractivity contribution in [2.45, 2.75) is 17.8 Å². The van der Waals surface area contributed by atoms with Gasteiger partial charge in [0.15, 0.2) is 0 Å². The first-order valence-corrected chi connectivity index (χ1v) is 6.57. The number of nitrogens with zero attached hydrogens (tertiary/aromatic N) is 1. The molecule has 1 aromatic rings. The van der Waals surface area contributed by atoms with Gasteiger partial charge in [0.05, 0.1) is 0 Å². The maximum absolute atomic E-state index is 7.82. The van der Waals surface area contributed by atoms with Gasteiger partial charge in [-0.15, -0.1) is 0 Å². The molecule has 1 aromatic carbocycles. The van der Waals surface area contributed by atoms with Gasteiger partial charge in [0.25, 0.3) is 0 Å². The summed E-state index contributed by atoms with van der Waals surface area (Å²) in [5.41, 5.74) is 1.38. The molecular formula is C11H14N2Se. The predicted octanol–water partition coefficient (Wildman–Crippen LogP) is 1.70. The Hall–Kier alpha value is -0.791. The van der Waals surface area contributed by atoms with E-state index in [9.17, 15) is 0 Å². The molecule has 1 N–H and O–H groups in total. The number of hydrogen-bond acceptors (Lipinski definition) is 1. The molecule has 0 amide bonds. The fraction of sp³-hybridized carbons (Fsp3) is 0.364. The second-order valence-electron chi connectivity index (χ2n) is 3.61. The van der Waals surface area contributed by atoms with E-state index in [4.69, 9.17) is 5.41 Å². The summed E-state index contributed by atoms with van der Waals surface area (Å²) in [5.74, 6) is 0. The summed E-state index contributed by atoms with van der Waals surface area (Å²) in [7, 11) is 2.03. The van der Waals surface area contributed by atoms with E-state index in [0.717, 1.165) is 4.73 Å². The van der Waals surface area contributed by atoms with Crippen molar-refractivity contribution in [3.05, 3.63) is 35.9 Å². The van der Waals surface area contributed by atoms with E-state index >= 15 is 0 Å². The third-order valence-corrected chi connectivity index (χ3v) is 5.74. The molecule has 1 saturated heterocycles. The quantitative estimate of drug-likeness (QED) is 0.758. The van der Waals surface area contributed by atoms with Crippen molar-refractivity contribution in [1.82, 2.24) is 4.90 Å². The van der Waals surface area contributed by atoms with Crippen LogP contribution in [0.25, 0.3) is 0 Å². The topological polar surface area (TPSA) is 27.1 Å². The van der Waals surface area contributed by atoms with Crippen LogP contribution in [0.15, 0.2) is 30.3 Å². The van der Waals surface area contributed by atoms with Gasteiger partial charge < -0.3 is 0 Å². The van der Waals surface area contributed by atoms with E-state index in [1.807, 2.05) is 13.1 Å². The fourth-order valence-electron chi connectivity index (χ4n) is 1.68. The maximum atomic E-state index is 7.82. The molecule has 0 saturated carbocycles. The molecule has 14 heavy (non-hydrogen) atoms. The van der Waals surface area contributed by atoms with Gasteiger partial charge in [-0.25, -0.2) is 0 Å². The Bertz CT molecular complexity index is 336. The minimum absolute atomic E-state index is 0.301. The summed E-state index contributed by atoms with van der Waals surface area (Å²) in [6.45, 7) is 2.21. The Kier molecular flexibility index (Phi) is 2.62. The summed E-state index contributed by atoms with van der Waals surface area (Å²) in [4.78, 5) is 2.65. The van der Waals surface area contributed by atoms with Crippen LogP contribution in [0, 0.1) is 5.41 Å². The third kappa shape index (κ3) is 1.58. The molecular weight excluding hydrogens is 239 g/mol. The SMILES string of the molecule is CC1C(c2ccccc2)[Se]C(=N)N1C. The normalized spacial score (nSPS) is 27.0. The minimum atomic E-state index is 0.301. The van der Waals surface area contributed by atoms with Crippen molar-refractivity contribution in [3.63, 3.8) is 0 Å². The molecule has 2 unspecified atom stereocenters. The van der Waals surface area contributed by atoms with E-state index in [2.05, 4.69) is 36.1 Å². The average molecular weight is 253 g/mol. The van der Waals surface area contributed by atoms with E-state index in [1.54, 1.807) is 0 Å². The monoisotopic (exact) mass is 254 g/mol. The molecule has 0 aromatic heterocycles. The number of amidine groups is 1. The standard InChI is InChI=1S/C11H14N2Se/c1-8-10(14-11(12)13(8)2)9-6-4-3-5-7-9/h3-8,10,12H,1-2H3. The molecule has 0 aliphatic carbocycles. The van der Waals surface area contributed by atoms with Gasteiger partial charge in [-0.2, -0.15) is 0 Å². The summed E-state index contributed by atoms with van der Waals surface area (Å²) in [6.07, 6.45) is 0. The Morgan fingerprint density at radius 3 is 2.43 bits per heavy atom. The third-order valence-electron chi connectivity index (χ3n) is 2.74. The number of hydrogen-bond donors (Lipinski definition) is 1. The van der Waals surface area contributed by atoms with Crippen molar-refractivity contribution in [2.24, 2.45) is 0 Å². The Morgan fingerprint density at radius 1 is 1.29 bits per heavy atom. The molecule has 74 valence electrons. The average Bonchev–Trinajstić information content (AvgIpc) is 2.47. The number of nitrogens with one attached hydrogen (secondary N) is 1. The fourth-order valence-corrected chi connectivity index (χ4v) is 4.29. The molecule has 0 spiro atoms. The van der Waals surface area contributed by atoms with Crippen LogP contribution >= 0.6 is 0 Å². The predicted molar refractivity (Wildman–Crippen MR) is 59.9 cm³/mol. The van der Waals surface area contributed by atoms with E-state index in [1.165, 1.54) is 5.56 Å². The van der Waals surface area contributed by atoms with Gasteiger partial charge in [-0.1, -0.05) is 0 Å². The molecule has 2 nitrogen and oxygen atoms in total. The molecule has 1 fully saturated rings. The Morgan fingerprint density at radius 2 is 1.93 bits per heavy atom. The summed E-state index contributed by atoms with van der Waals surface area (Å²) < 4.78 is 0.818. The van der Waals surface area contributed by atoms with Crippen LogP contribution in [0.2, 0.25) is 0 Å². The zero-order valence-corrected chi connectivity index (χ0v) is 10.1. The van der Waals surface area contributed by atoms with Gasteiger partial charge in [0.1, 0.15) is 0 Å². The van der Waals surface area contributed by atoms with Gasteiger partial charge in [-0.05, 0) is 0 Å². The van der Waals surface area contributed by atoms with Crippen molar-refractivity contribution < 1.29 is 0 Å². The van der Waals surface area contributed by atoms with Crippen LogP contribution < -0.4 is 0 Å². The van der Waals surface area contributed by atoms with Crippen LogP contribution in [0.5, 0.6) is 0 Å². The van der Waals surface area contributed by atoms with E-state index in [0.29, 0.717) is 25.8 Å². The summed E-state index contributed by atoms with van der Waals surface area (Å²) in [6, 6.07) is 11.0. The van der Waals surface area contributed by atoms with Crippen molar-refractivity contribution >= 4 is 19.7 Å². The van der Waals surface area contributed by atoms with Gasteiger partial charge in [0.2, 0.25) is 0 Å². The first-order chi connectivity index (χ1) is 6.70. The number of likely N-dealkylation sites (N-methyl/N-ethyl adjacent to an activating group) is 1. The summed E-state index contributed by atoms with van der Waals surface area (Å²) >= 11 is 0.301. The summed E-state index contributed by atoms with van der Waals surface area (Å²) in [5, 5.41) is 7.82. The van der Waals surface area contributed by atoms with Gasteiger partial charge in [-0.3, -0.25) is 0 Å². The zero-order chi connectivity index (χ0) is 10.1. The Balaban J connectivity index is 2.26. The van der Waals surface area contributed by atoms with Gasteiger partial charge >= 0.3 is 90.7 Å². The molecule has 2 atom stereocenters. The zero-order valence-electron chi connectivity index (χ0n) is 8.40. The first-order valence-electron chi connectivity index (χ1n) is 4.73. The molecule has 1 heterocycles. The second kappa shape index (κ2) is 3.76. The number of benzene rings is 1. The van der Waals surface area contributed by atoms with Crippen molar-refractivity contribution in [1.29, 1.82) is 5.41 Å². The first kappa shape index (κ1) is 9.75. The van der Waals surface area contributed by atoms with Crippen LogP contribution in [0.4, 0.5) is 0 Å². The van der Waals surface area contributed by atoms with Crippen LogP contribution in [0.1, 0.15) is 17.3 Å². The van der Waals surface area contributed by atoms with Crippen LogP contribution in [-0.2, 0) is 0 Å². The molecule has 3 heteroatoms. The van der Waals surface area contributed by atoms with Crippen LogP contribution in [0.3, 0.4) is 0 Å². The van der Waals surface area contributed by atoms with Crippen LogP contribution in [-0.4, -0.2) is 37.7 Å².